The van der Waals surface area contributed by atoms with Crippen molar-refractivity contribution >= 4 is 21.6 Å². The normalized spacial score (nSPS) is 11.3. The lowest BCUT2D eigenvalue weighted by molar-refractivity contribution is 0.306. The summed E-state index contributed by atoms with van der Waals surface area (Å²) in [4.78, 5) is 0.343. The Kier molecular flexibility index (Phi) is 5.70. The summed E-state index contributed by atoms with van der Waals surface area (Å²) in [5.74, 6) is 1.46. The van der Waals surface area contributed by atoms with Crippen LogP contribution in [0.3, 0.4) is 0 Å². The van der Waals surface area contributed by atoms with Crippen LogP contribution in [0.15, 0.2) is 59.5 Å². The van der Waals surface area contributed by atoms with E-state index >= 15 is 0 Å². The summed E-state index contributed by atoms with van der Waals surface area (Å²) in [5, 5.41) is 0.119. The first-order valence-corrected chi connectivity index (χ1v) is 9.50. The summed E-state index contributed by atoms with van der Waals surface area (Å²) in [7, 11) is -3.20. The first-order valence-electron chi connectivity index (χ1n) is 6.69. The average molecular weight is 322 g/mol. The van der Waals surface area contributed by atoms with Gasteiger partial charge in [0.15, 0.2) is 9.84 Å². The summed E-state index contributed by atoms with van der Waals surface area (Å²) < 4.78 is 29.7. The molecule has 0 bridgehead atoms. The molecule has 0 saturated heterocycles. The Hall–Kier alpha value is -1.46. The van der Waals surface area contributed by atoms with E-state index in [-0.39, 0.29) is 5.08 Å². The van der Waals surface area contributed by atoms with Gasteiger partial charge in [-0.05, 0) is 35.6 Å². The molecule has 0 amide bonds. The van der Waals surface area contributed by atoms with Crippen molar-refractivity contribution in [1.29, 1.82) is 0 Å². The molecule has 3 nitrogen and oxygen atoms in total. The zero-order valence-electron chi connectivity index (χ0n) is 11.9. The van der Waals surface area contributed by atoms with Gasteiger partial charge in [-0.3, -0.25) is 0 Å². The molecule has 0 aromatic heterocycles. The molecular formula is C16H18O3S2. The van der Waals surface area contributed by atoms with E-state index in [1.54, 1.807) is 24.3 Å². The molecule has 0 aliphatic rings. The Balaban J connectivity index is 1.99. The molecule has 2 rings (SSSR count). The van der Waals surface area contributed by atoms with Gasteiger partial charge < -0.3 is 4.74 Å². The highest BCUT2D eigenvalue weighted by molar-refractivity contribution is 8.12. The van der Waals surface area contributed by atoms with E-state index in [1.807, 2.05) is 37.3 Å². The number of hydrogen-bond acceptors (Lipinski definition) is 4. The van der Waals surface area contributed by atoms with Gasteiger partial charge in [-0.2, -0.15) is 0 Å². The largest absolute Gasteiger partial charge is 0.489 e. The van der Waals surface area contributed by atoms with E-state index in [1.165, 1.54) is 11.8 Å². The summed E-state index contributed by atoms with van der Waals surface area (Å²) in [6.07, 6.45) is 0. The van der Waals surface area contributed by atoms with Gasteiger partial charge in [0.2, 0.25) is 0 Å². The fourth-order valence-electron chi connectivity index (χ4n) is 1.75. The van der Waals surface area contributed by atoms with Crippen molar-refractivity contribution in [3.8, 4) is 5.75 Å². The molecule has 2 aromatic rings. The van der Waals surface area contributed by atoms with Crippen LogP contribution in [0.25, 0.3) is 0 Å². The average Bonchev–Trinajstić information content (AvgIpc) is 2.52. The first kappa shape index (κ1) is 15.9. The van der Waals surface area contributed by atoms with Crippen LogP contribution in [0.1, 0.15) is 12.5 Å². The smallest absolute Gasteiger partial charge is 0.187 e. The third kappa shape index (κ3) is 4.79. The number of ether oxygens (including phenoxy) is 1. The zero-order valence-corrected chi connectivity index (χ0v) is 13.5. The second-order valence-electron chi connectivity index (χ2n) is 4.47. The maximum Gasteiger partial charge on any atom is 0.187 e. The van der Waals surface area contributed by atoms with E-state index in [0.29, 0.717) is 17.3 Å². The molecule has 0 heterocycles. The second kappa shape index (κ2) is 7.52. The highest BCUT2D eigenvalue weighted by Crippen LogP contribution is 2.20. The van der Waals surface area contributed by atoms with Crippen LogP contribution >= 0.6 is 11.8 Å². The zero-order chi connectivity index (χ0) is 15.1. The first-order chi connectivity index (χ1) is 10.1. The molecule has 0 saturated carbocycles. The van der Waals surface area contributed by atoms with Gasteiger partial charge in [0.05, 0.1) is 4.90 Å². The Morgan fingerprint density at radius 3 is 2.29 bits per heavy atom. The lowest BCUT2D eigenvalue weighted by atomic mass is 10.2. The van der Waals surface area contributed by atoms with Crippen LogP contribution in [0.4, 0.5) is 0 Å². The third-order valence-corrected chi connectivity index (χ3v) is 6.18. The summed E-state index contributed by atoms with van der Waals surface area (Å²) in [6, 6.07) is 16.5. The number of sulfone groups is 1. The van der Waals surface area contributed by atoms with Gasteiger partial charge in [-0.15, -0.1) is 11.8 Å². The van der Waals surface area contributed by atoms with Crippen molar-refractivity contribution in [3.63, 3.8) is 0 Å². The van der Waals surface area contributed by atoms with E-state index in [4.69, 9.17) is 4.74 Å². The van der Waals surface area contributed by atoms with E-state index in [0.717, 1.165) is 11.3 Å². The van der Waals surface area contributed by atoms with Gasteiger partial charge in [-0.1, -0.05) is 37.3 Å². The highest BCUT2D eigenvalue weighted by Gasteiger charge is 2.13. The summed E-state index contributed by atoms with van der Waals surface area (Å²) in [6.45, 7) is 2.42. The van der Waals surface area contributed by atoms with Crippen molar-refractivity contribution in [2.24, 2.45) is 0 Å². The Morgan fingerprint density at radius 2 is 1.67 bits per heavy atom. The standard InChI is InChI=1S/C16H18O3S2/c1-2-20-13-21(17,18)16-10-8-15(9-11-16)19-12-14-6-4-3-5-7-14/h3-11H,2,12-13H2,1H3. The maximum atomic E-state index is 12.0. The van der Waals surface area contributed by atoms with Crippen LogP contribution in [0.2, 0.25) is 0 Å². The fourth-order valence-corrected chi connectivity index (χ4v) is 4.38. The Labute approximate surface area is 130 Å². The van der Waals surface area contributed by atoms with Crippen LogP contribution in [-0.4, -0.2) is 19.3 Å². The predicted octanol–water partition coefficient (Wildman–Crippen LogP) is 3.75. The lowest BCUT2D eigenvalue weighted by Crippen LogP contribution is -2.04. The fraction of sp³-hybridized carbons (Fsp3) is 0.250. The summed E-state index contributed by atoms with van der Waals surface area (Å²) in [5.41, 5.74) is 1.08. The summed E-state index contributed by atoms with van der Waals surface area (Å²) >= 11 is 1.40. The van der Waals surface area contributed by atoms with E-state index in [2.05, 4.69) is 0 Å². The quantitative estimate of drug-likeness (QED) is 0.778. The molecule has 2 aromatic carbocycles. The minimum Gasteiger partial charge on any atom is -0.489 e. The van der Waals surface area contributed by atoms with Crippen molar-refractivity contribution in [2.75, 3.05) is 10.8 Å². The molecule has 0 fully saturated rings. The highest BCUT2D eigenvalue weighted by atomic mass is 32.3. The number of rotatable bonds is 7. The molecule has 0 aliphatic heterocycles. The number of thioether (sulfide) groups is 1. The number of benzene rings is 2. The minimum atomic E-state index is -3.20. The molecule has 0 spiro atoms. The Bertz CT molecular complexity index is 650. The van der Waals surface area contributed by atoms with Crippen molar-refractivity contribution in [1.82, 2.24) is 0 Å². The molecule has 112 valence electrons. The molecule has 0 unspecified atom stereocenters. The molecule has 0 radical (unpaired) electrons. The van der Waals surface area contributed by atoms with E-state index < -0.39 is 9.84 Å². The van der Waals surface area contributed by atoms with Gasteiger partial charge in [0.1, 0.15) is 17.4 Å². The lowest BCUT2D eigenvalue weighted by Gasteiger charge is -2.08. The minimum absolute atomic E-state index is 0.119. The molecule has 0 N–H and O–H groups in total. The monoisotopic (exact) mass is 322 g/mol. The number of hydrogen-bond donors (Lipinski definition) is 0. The molecule has 21 heavy (non-hydrogen) atoms. The van der Waals surface area contributed by atoms with Crippen LogP contribution in [0.5, 0.6) is 5.75 Å². The maximum absolute atomic E-state index is 12.0. The third-order valence-electron chi connectivity index (χ3n) is 2.87. The second-order valence-corrected chi connectivity index (χ2v) is 8.10. The predicted molar refractivity (Wildman–Crippen MR) is 87.4 cm³/mol. The Morgan fingerprint density at radius 1 is 1.00 bits per heavy atom. The van der Waals surface area contributed by atoms with Crippen LogP contribution in [0, 0.1) is 0 Å². The van der Waals surface area contributed by atoms with Crippen molar-refractivity contribution < 1.29 is 13.2 Å². The van der Waals surface area contributed by atoms with Gasteiger partial charge in [0.25, 0.3) is 0 Å². The molecule has 0 aliphatic carbocycles. The van der Waals surface area contributed by atoms with Gasteiger partial charge in [0, 0.05) is 0 Å². The van der Waals surface area contributed by atoms with Crippen LogP contribution < -0.4 is 4.74 Å². The van der Waals surface area contributed by atoms with Crippen molar-refractivity contribution in [2.45, 2.75) is 18.4 Å². The van der Waals surface area contributed by atoms with Crippen molar-refractivity contribution in [3.05, 3.63) is 60.2 Å². The molecule has 0 atom stereocenters. The van der Waals surface area contributed by atoms with Gasteiger partial charge >= 0.3 is 0 Å². The SMILES string of the molecule is CCSCS(=O)(=O)c1ccc(OCc2ccccc2)cc1. The topological polar surface area (TPSA) is 43.4 Å². The molecule has 5 heteroatoms. The van der Waals surface area contributed by atoms with E-state index in [9.17, 15) is 8.42 Å². The van der Waals surface area contributed by atoms with Crippen LogP contribution in [-0.2, 0) is 16.4 Å². The molecular weight excluding hydrogens is 304 g/mol. The van der Waals surface area contributed by atoms with Gasteiger partial charge in [-0.25, -0.2) is 8.42 Å².